The summed E-state index contributed by atoms with van der Waals surface area (Å²) < 4.78 is 40.6. The third-order valence-electron chi connectivity index (χ3n) is 1.29. The monoisotopic (exact) mass is 255 g/mol. The van der Waals surface area contributed by atoms with E-state index in [2.05, 4.69) is 20.7 Å². The Bertz CT molecular complexity index is 319. The molecular formula is C7H5BrF3NO. The van der Waals surface area contributed by atoms with E-state index in [4.69, 9.17) is 5.73 Å². The molecule has 0 saturated carbocycles. The van der Waals surface area contributed by atoms with E-state index in [1.807, 2.05) is 0 Å². The minimum atomic E-state index is -3.08. The molecule has 0 unspecified atom stereocenters. The minimum Gasteiger partial charge on any atom is -0.430 e. The molecule has 0 aliphatic carbocycles. The summed E-state index contributed by atoms with van der Waals surface area (Å²) >= 11 is 2.86. The number of nitrogen functional groups attached to an aromatic ring is 1. The van der Waals surface area contributed by atoms with Crippen LogP contribution in [0.4, 0.5) is 18.9 Å². The topological polar surface area (TPSA) is 35.2 Å². The molecule has 1 aromatic rings. The largest absolute Gasteiger partial charge is 0.430 e. The molecule has 0 amide bonds. The molecule has 2 N–H and O–H groups in total. The SMILES string of the molecule is Nc1ccc(Br)c(OC(F)F)c1F. The predicted molar refractivity (Wildman–Crippen MR) is 45.1 cm³/mol. The summed E-state index contributed by atoms with van der Waals surface area (Å²) in [6, 6.07) is 2.58. The molecule has 0 fully saturated rings. The number of anilines is 1. The second-order valence-electron chi connectivity index (χ2n) is 2.16. The van der Waals surface area contributed by atoms with Crippen LogP contribution in [0.1, 0.15) is 0 Å². The lowest BCUT2D eigenvalue weighted by Crippen LogP contribution is -2.05. The van der Waals surface area contributed by atoms with Gasteiger partial charge in [-0.1, -0.05) is 0 Å². The predicted octanol–water partition coefficient (Wildman–Crippen LogP) is 2.77. The molecule has 0 aliphatic heterocycles. The Morgan fingerprint density at radius 3 is 2.54 bits per heavy atom. The molecule has 2 nitrogen and oxygen atoms in total. The van der Waals surface area contributed by atoms with Crippen LogP contribution in [-0.4, -0.2) is 6.61 Å². The lowest BCUT2D eigenvalue weighted by atomic mass is 10.3. The smallest absolute Gasteiger partial charge is 0.387 e. The molecule has 0 atom stereocenters. The van der Waals surface area contributed by atoms with Crippen LogP contribution in [0.5, 0.6) is 5.75 Å². The van der Waals surface area contributed by atoms with Crippen LogP contribution in [0.25, 0.3) is 0 Å². The van der Waals surface area contributed by atoms with Gasteiger partial charge in [-0.25, -0.2) is 4.39 Å². The van der Waals surface area contributed by atoms with Gasteiger partial charge >= 0.3 is 6.61 Å². The lowest BCUT2D eigenvalue weighted by molar-refractivity contribution is -0.0526. The third-order valence-corrected chi connectivity index (χ3v) is 1.91. The van der Waals surface area contributed by atoms with Crippen LogP contribution in [0, 0.1) is 5.82 Å². The van der Waals surface area contributed by atoms with Gasteiger partial charge in [0, 0.05) is 0 Å². The molecule has 1 rings (SSSR count). The Labute approximate surface area is 80.6 Å². The van der Waals surface area contributed by atoms with Crippen molar-refractivity contribution in [1.82, 2.24) is 0 Å². The first kappa shape index (κ1) is 10.2. The normalized spacial score (nSPS) is 10.5. The first-order valence-electron chi connectivity index (χ1n) is 3.20. The molecule has 13 heavy (non-hydrogen) atoms. The second kappa shape index (κ2) is 3.87. The van der Waals surface area contributed by atoms with E-state index >= 15 is 0 Å². The first-order valence-corrected chi connectivity index (χ1v) is 4.00. The number of alkyl halides is 2. The van der Waals surface area contributed by atoms with Gasteiger partial charge in [0.15, 0.2) is 11.6 Å². The summed E-state index contributed by atoms with van der Waals surface area (Å²) in [5.41, 5.74) is 4.91. The molecule has 1 aromatic carbocycles. The van der Waals surface area contributed by atoms with Crippen LogP contribution >= 0.6 is 15.9 Å². The van der Waals surface area contributed by atoms with E-state index in [0.717, 1.165) is 0 Å². The quantitative estimate of drug-likeness (QED) is 0.825. The Morgan fingerprint density at radius 1 is 1.38 bits per heavy atom. The summed E-state index contributed by atoms with van der Waals surface area (Å²) in [6.45, 7) is -3.08. The van der Waals surface area contributed by atoms with E-state index in [0.29, 0.717) is 0 Å². The van der Waals surface area contributed by atoms with Gasteiger partial charge in [-0.3, -0.25) is 0 Å². The lowest BCUT2D eigenvalue weighted by Gasteiger charge is -2.08. The number of halogens is 4. The van der Waals surface area contributed by atoms with Crippen molar-refractivity contribution in [2.45, 2.75) is 6.61 Å². The van der Waals surface area contributed by atoms with Crippen molar-refractivity contribution in [3.8, 4) is 5.75 Å². The number of nitrogens with two attached hydrogens (primary N) is 1. The van der Waals surface area contributed by atoms with Crippen LogP contribution < -0.4 is 10.5 Å². The number of rotatable bonds is 2. The highest BCUT2D eigenvalue weighted by atomic mass is 79.9. The number of hydrogen-bond donors (Lipinski definition) is 1. The molecular weight excluding hydrogens is 251 g/mol. The van der Waals surface area contributed by atoms with Crippen LogP contribution in [0.15, 0.2) is 16.6 Å². The summed E-state index contributed by atoms with van der Waals surface area (Å²) in [5.74, 6) is -1.57. The van der Waals surface area contributed by atoms with Gasteiger partial charge in [-0.2, -0.15) is 8.78 Å². The summed E-state index contributed by atoms with van der Waals surface area (Å²) in [5, 5.41) is 0. The maximum atomic E-state index is 13.0. The van der Waals surface area contributed by atoms with Crippen molar-refractivity contribution in [3.63, 3.8) is 0 Å². The van der Waals surface area contributed by atoms with Gasteiger partial charge < -0.3 is 10.5 Å². The Balaban J connectivity index is 3.10. The average Bonchev–Trinajstić information content (AvgIpc) is 2.05. The highest BCUT2D eigenvalue weighted by molar-refractivity contribution is 9.10. The Kier molecular flexibility index (Phi) is 3.02. The van der Waals surface area contributed by atoms with E-state index in [9.17, 15) is 13.2 Å². The van der Waals surface area contributed by atoms with Crippen molar-refractivity contribution in [3.05, 3.63) is 22.4 Å². The van der Waals surface area contributed by atoms with Gasteiger partial charge in [-0.05, 0) is 28.1 Å². The third kappa shape index (κ3) is 2.27. The van der Waals surface area contributed by atoms with Gasteiger partial charge in [0.05, 0.1) is 10.2 Å². The second-order valence-corrected chi connectivity index (χ2v) is 3.01. The van der Waals surface area contributed by atoms with E-state index in [1.54, 1.807) is 0 Å². The number of benzene rings is 1. The Morgan fingerprint density at radius 2 is 2.00 bits per heavy atom. The zero-order valence-electron chi connectivity index (χ0n) is 6.23. The molecule has 0 aliphatic rings. The fraction of sp³-hybridized carbons (Fsp3) is 0.143. The summed E-state index contributed by atoms with van der Waals surface area (Å²) in [6.07, 6.45) is 0. The van der Waals surface area contributed by atoms with Crippen molar-refractivity contribution in [1.29, 1.82) is 0 Å². The van der Waals surface area contributed by atoms with Gasteiger partial charge in [0.25, 0.3) is 0 Å². The molecule has 0 aromatic heterocycles. The fourth-order valence-electron chi connectivity index (χ4n) is 0.745. The molecule has 0 radical (unpaired) electrons. The molecule has 0 heterocycles. The van der Waals surface area contributed by atoms with Crippen molar-refractivity contribution >= 4 is 21.6 Å². The minimum absolute atomic E-state index is 0.0968. The van der Waals surface area contributed by atoms with Crippen LogP contribution in [-0.2, 0) is 0 Å². The molecule has 0 saturated heterocycles. The maximum absolute atomic E-state index is 13.0. The first-order chi connectivity index (χ1) is 6.02. The van der Waals surface area contributed by atoms with E-state index < -0.39 is 18.2 Å². The number of ether oxygens (including phenoxy) is 1. The standard InChI is InChI=1S/C7H5BrF3NO/c8-3-1-2-4(12)5(9)6(3)13-7(10)11/h1-2,7H,12H2. The average molecular weight is 256 g/mol. The maximum Gasteiger partial charge on any atom is 0.387 e. The van der Waals surface area contributed by atoms with Crippen molar-refractivity contribution in [2.75, 3.05) is 5.73 Å². The molecule has 6 heteroatoms. The highest BCUT2D eigenvalue weighted by Gasteiger charge is 2.15. The zero-order valence-corrected chi connectivity index (χ0v) is 7.82. The molecule has 72 valence electrons. The van der Waals surface area contributed by atoms with E-state index in [1.165, 1.54) is 12.1 Å². The van der Waals surface area contributed by atoms with Crippen LogP contribution in [0.3, 0.4) is 0 Å². The zero-order chi connectivity index (χ0) is 10.0. The van der Waals surface area contributed by atoms with Crippen molar-refractivity contribution < 1.29 is 17.9 Å². The van der Waals surface area contributed by atoms with Gasteiger partial charge in [-0.15, -0.1) is 0 Å². The fourth-order valence-corrected chi connectivity index (χ4v) is 1.14. The summed E-state index contributed by atoms with van der Waals surface area (Å²) in [7, 11) is 0. The van der Waals surface area contributed by atoms with Crippen LogP contribution in [0.2, 0.25) is 0 Å². The summed E-state index contributed by atoms with van der Waals surface area (Å²) in [4.78, 5) is 0. The number of hydrogen-bond acceptors (Lipinski definition) is 2. The van der Waals surface area contributed by atoms with Gasteiger partial charge in [0.2, 0.25) is 0 Å². The highest BCUT2D eigenvalue weighted by Crippen LogP contribution is 2.32. The molecule has 0 bridgehead atoms. The Hall–Kier alpha value is -0.910. The molecule has 0 spiro atoms. The van der Waals surface area contributed by atoms with Gasteiger partial charge in [0.1, 0.15) is 0 Å². The van der Waals surface area contributed by atoms with E-state index in [-0.39, 0.29) is 10.2 Å². The van der Waals surface area contributed by atoms with Crippen molar-refractivity contribution in [2.24, 2.45) is 0 Å².